The van der Waals surface area contributed by atoms with Gasteiger partial charge in [-0.25, -0.2) is 22.4 Å². The van der Waals surface area contributed by atoms with Gasteiger partial charge in [0.25, 0.3) is 0 Å². The van der Waals surface area contributed by atoms with Crippen molar-refractivity contribution in [3.63, 3.8) is 0 Å². The number of carboxylic acid groups (broad SMARTS) is 1. The molecule has 0 saturated carbocycles. The average molecular weight is 491 g/mol. The molecule has 0 unspecified atom stereocenters. The Hall–Kier alpha value is -4.46. The molecule has 0 aromatic heterocycles. The average Bonchev–Trinajstić information content (AvgIpc) is 3.31. The molecule has 4 nitrogen and oxygen atoms in total. The SMILES string of the molecule is O=C(O)c1cccc2c1CC(c1c(F)c(F)c(-c3cccc(OCc4ccccc4)c3)c(F)c1F)=N2. The molecule has 0 aliphatic carbocycles. The van der Waals surface area contributed by atoms with Crippen molar-refractivity contribution in [2.45, 2.75) is 13.0 Å². The fourth-order valence-corrected chi connectivity index (χ4v) is 4.18. The van der Waals surface area contributed by atoms with Crippen molar-refractivity contribution in [1.29, 1.82) is 0 Å². The number of carboxylic acids is 1. The van der Waals surface area contributed by atoms with Gasteiger partial charge in [0.15, 0.2) is 23.3 Å². The van der Waals surface area contributed by atoms with E-state index >= 15 is 17.6 Å². The quantitative estimate of drug-likeness (QED) is 0.237. The molecule has 0 saturated heterocycles. The van der Waals surface area contributed by atoms with E-state index in [1.54, 1.807) is 6.07 Å². The Bertz CT molecular complexity index is 1500. The van der Waals surface area contributed by atoms with Gasteiger partial charge in [0.05, 0.1) is 28.1 Å². The highest BCUT2D eigenvalue weighted by Crippen LogP contribution is 2.37. The lowest BCUT2D eigenvalue weighted by Crippen LogP contribution is -2.14. The third kappa shape index (κ3) is 4.11. The number of ether oxygens (including phenoxy) is 1. The standard InChI is InChI=1S/C28H17F4NO3/c29-24-22(16-8-4-9-17(12-16)36-14-15-6-2-1-3-7-15)25(30)27(32)23(26(24)31)21-13-19-18(28(34)35)10-5-11-20(19)33-21/h1-12H,13-14H2,(H,34,35). The number of benzene rings is 4. The Morgan fingerprint density at radius 3 is 2.19 bits per heavy atom. The highest BCUT2D eigenvalue weighted by molar-refractivity contribution is 6.09. The zero-order valence-corrected chi connectivity index (χ0v) is 18.6. The Kier molecular flexibility index (Phi) is 6.01. The van der Waals surface area contributed by atoms with Crippen LogP contribution in [0.4, 0.5) is 23.2 Å². The summed E-state index contributed by atoms with van der Waals surface area (Å²) in [5.41, 5.74) is -1.08. The second kappa shape index (κ2) is 9.30. The second-order valence-corrected chi connectivity index (χ2v) is 8.15. The number of carbonyl (C=O) groups is 1. The molecular formula is C28H17F4NO3. The normalized spacial score (nSPS) is 12.3. The Morgan fingerprint density at radius 1 is 0.833 bits per heavy atom. The first-order valence-corrected chi connectivity index (χ1v) is 10.9. The van der Waals surface area contributed by atoms with Gasteiger partial charge in [0.1, 0.15) is 12.4 Å². The number of hydrogen-bond acceptors (Lipinski definition) is 3. The summed E-state index contributed by atoms with van der Waals surface area (Å²) in [7, 11) is 0. The summed E-state index contributed by atoms with van der Waals surface area (Å²) in [5, 5.41) is 9.36. The van der Waals surface area contributed by atoms with Crippen LogP contribution in [0.2, 0.25) is 0 Å². The summed E-state index contributed by atoms with van der Waals surface area (Å²) in [6.07, 6.45) is -0.285. The lowest BCUT2D eigenvalue weighted by molar-refractivity contribution is 0.0696. The Balaban J connectivity index is 1.50. The third-order valence-electron chi connectivity index (χ3n) is 5.90. The molecule has 0 radical (unpaired) electrons. The molecule has 36 heavy (non-hydrogen) atoms. The number of fused-ring (bicyclic) bond motifs is 1. The monoisotopic (exact) mass is 491 g/mol. The molecule has 5 rings (SSSR count). The lowest BCUT2D eigenvalue weighted by Gasteiger charge is -2.13. The van der Waals surface area contributed by atoms with Crippen LogP contribution in [0, 0.1) is 23.3 Å². The second-order valence-electron chi connectivity index (χ2n) is 8.15. The van der Waals surface area contributed by atoms with Crippen molar-refractivity contribution in [3.05, 3.63) is 118 Å². The van der Waals surface area contributed by atoms with Gasteiger partial charge in [-0.3, -0.25) is 4.99 Å². The number of aliphatic imine (C=N–C) groups is 1. The summed E-state index contributed by atoms with van der Waals surface area (Å²) < 4.78 is 66.4. The Morgan fingerprint density at radius 2 is 1.50 bits per heavy atom. The minimum Gasteiger partial charge on any atom is -0.489 e. The van der Waals surface area contributed by atoms with Gasteiger partial charge < -0.3 is 9.84 Å². The molecule has 1 aliphatic rings. The van der Waals surface area contributed by atoms with Crippen LogP contribution in [0.3, 0.4) is 0 Å². The number of hydrogen-bond donors (Lipinski definition) is 1. The fourth-order valence-electron chi connectivity index (χ4n) is 4.18. The van der Waals surface area contributed by atoms with Gasteiger partial charge >= 0.3 is 5.97 Å². The molecule has 1 heterocycles. The van der Waals surface area contributed by atoms with E-state index < -0.39 is 40.4 Å². The zero-order valence-electron chi connectivity index (χ0n) is 18.6. The van der Waals surface area contributed by atoms with Crippen LogP contribution in [0.1, 0.15) is 27.0 Å². The predicted molar refractivity (Wildman–Crippen MR) is 126 cm³/mol. The van der Waals surface area contributed by atoms with E-state index in [1.165, 1.54) is 36.4 Å². The molecular weight excluding hydrogens is 474 g/mol. The number of aromatic carboxylic acids is 1. The van der Waals surface area contributed by atoms with E-state index in [1.807, 2.05) is 30.3 Å². The maximum absolute atomic E-state index is 15.2. The molecule has 0 atom stereocenters. The highest BCUT2D eigenvalue weighted by atomic mass is 19.2. The van der Waals surface area contributed by atoms with E-state index in [4.69, 9.17) is 4.74 Å². The van der Waals surface area contributed by atoms with Crippen LogP contribution in [-0.2, 0) is 13.0 Å². The van der Waals surface area contributed by atoms with Crippen molar-refractivity contribution in [3.8, 4) is 16.9 Å². The van der Waals surface area contributed by atoms with E-state index in [-0.39, 0.29) is 46.9 Å². The molecule has 1 N–H and O–H groups in total. The summed E-state index contributed by atoms with van der Waals surface area (Å²) in [5.74, 6) is -7.36. The third-order valence-corrected chi connectivity index (χ3v) is 5.90. The molecule has 4 aromatic rings. The van der Waals surface area contributed by atoms with Crippen LogP contribution in [0.15, 0.2) is 77.8 Å². The van der Waals surface area contributed by atoms with Crippen LogP contribution in [0.25, 0.3) is 11.1 Å². The van der Waals surface area contributed by atoms with E-state index in [0.29, 0.717) is 0 Å². The molecule has 8 heteroatoms. The summed E-state index contributed by atoms with van der Waals surface area (Å²) in [6.45, 7) is 0.190. The molecule has 180 valence electrons. The predicted octanol–water partition coefficient (Wildman–Crippen LogP) is 6.86. The van der Waals surface area contributed by atoms with Crippen molar-refractivity contribution < 1.29 is 32.2 Å². The van der Waals surface area contributed by atoms with Gasteiger partial charge in [-0.05, 0) is 41.0 Å². The molecule has 0 amide bonds. The van der Waals surface area contributed by atoms with E-state index in [0.717, 1.165) is 5.56 Å². The first-order chi connectivity index (χ1) is 17.3. The first kappa shape index (κ1) is 23.3. The van der Waals surface area contributed by atoms with Crippen LogP contribution < -0.4 is 4.74 Å². The van der Waals surface area contributed by atoms with Crippen LogP contribution in [-0.4, -0.2) is 16.8 Å². The minimum atomic E-state index is -1.61. The molecule has 4 aromatic carbocycles. The van der Waals surface area contributed by atoms with Gasteiger partial charge in [-0.15, -0.1) is 0 Å². The van der Waals surface area contributed by atoms with Gasteiger partial charge in [-0.1, -0.05) is 48.5 Å². The minimum absolute atomic E-state index is 0.100. The zero-order chi connectivity index (χ0) is 25.4. The highest BCUT2D eigenvalue weighted by Gasteiger charge is 2.32. The van der Waals surface area contributed by atoms with Gasteiger partial charge in [-0.2, -0.15) is 0 Å². The lowest BCUT2D eigenvalue weighted by atomic mass is 9.95. The maximum Gasteiger partial charge on any atom is 0.336 e. The molecule has 0 fully saturated rings. The smallest absolute Gasteiger partial charge is 0.336 e. The summed E-state index contributed by atoms with van der Waals surface area (Å²) in [6, 6.07) is 19.1. The molecule has 0 spiro atoms. The van der Waals surface area contributed by atoms with Crippen LogP contribution >= 0.6 is 0 Å². The van der Waals surface area contributed by atoms with Crippen molar-refractivity contribution >= 4 is 17.4 Å². The Labute approximate surface area is 203 Å². The van der Waals surface area contributed by atoms with Crippen molar-refractivity contribution in [1.82, 2.24) is 0 Å². The number of halogens is 4. The van der Waals surface area contributed by atoms with Gasteiger partial charge in [0, 0.05) is 6.42 Å². The summed E-state index contributed by atoms with van der Waals surface area (Å²) in [4.78, 5) is 15.5. The van der Waals surface area contributed by atoms with Gasteiger partial charge in [0.2, 0.25) is 0 Å². The first-order valence-electron chi connectivity index (χ1n) is 10.9. The van der Waals surface area contributed by atoms with Crippen molar-refractivity contribution in [2.24, 2.45) is 4.99 Å². The maximum atomic E-state index is 15.2. The topological polar surface area (TPSA) is 58.9 Å². The fraction of sp³-hybridized carbons (Fsp3) is 0.0714. The number of rotatable bonds is 6. The number of nitrogens with zero attached hydrogens (tertiary/aromatic N) is 1. The summed E-state index contributed by atoms with van der Waals surface area (Å²) >= 11 is 0. The molecule has 0 bridgehead atoms. The van der Waals surface area contributed by atoms with Crippen molar-refractivity contribution in [2.75, 3.05) is 0 Å². The molecule has 1 aliphatic heterocycles. The van der Waals surface area contributed by atoms with Crippen LogP contribution in [0.5, 0.6) is 5.75 Å². The van der Waals surface area contributed by atoms with E-state index in [2.05, 4.69) is 4.99 Å². The van der Waals surface area contributed by atoms with E-state index in [9.17, 15) is 9.90 Å². The largest absolute Gasteiger partial charge is 0.489 e.